The Labute approximate surface area is 175 Å². The maximum atomic E-state index is 12.9. The van der Waals surface area contributed by atoms with Crippen LogP contribution in [-0.4, -0.2) is 18.5 Å². The lowest BCUT2D eigenvalue weighted by molar-refractivity contribution is -0.174. The van der Waals surface area contributed by atoms with Gasteiger partial charge in [-0.2, -0.15) is 0 Å². The second-order valence-electron chi connectivity index (χ2n) is 8.48. The summed E-state index contributed by atoms with van der Waals surface area (Å²) in [6, 6.07) is 9.79. The molecule has 1 aliphatic rings. The summed E-state index contributed by atoms with van der Waals surface area (Å²) in [6.07, 6.45) is 12.3. The molecule has 160 valence electrons. The molecule has 0 heterocycles. The number of hydrogen-bond acceptors (Lipinski definition) is 4. The van der Waals surface area contributed by atoms with Crippen molar-refractivity contribution in [2.45, 2.75) is 78.2 Å². The van der Waals surface area contributed by atoms with Crippen LogP contribution in [0.5, 0.6) is 0 Å². The minimum absolute atomic E-state index is 0.352. The van der Waals surface area contributed by atoms with Crippen LogP contribution < -0.4 is 0 Å². The fraction of sp³-hybridized carbons (Fsp3) is 0.600. The number of ether oxygens (including phenoxy) is 2. The van der Waals surface area contributed by atoms with E-state index >= 15 is 0 Å². The zero-order valence-corrected chi connectivity index (χ0v) is 18.2. The van der Waals surface area contributed by atoms with Gasteiger partial charge < -0.3 is 9.47 Å². The minimum atomic E-state index is -1.32. The van der Waals surface area contributed by atoms with E-state index in [4.69, 9.17) is 9.47 Å². The molecular weight excluding hydrogens is 364 g/mol. The Morgan fingerprint density at radius 3 is 2.52 bits per heavy atom. The third kappa shape index (κ3) is 7.34. The van der Waals surface area contributed by atoms with Gasteiger partial charge in [0.2, 0.25) is 0 Å². The summed E-state index contributed by atoms with van der Waals surface area (Å²) in [5.41, 5.74) is -0.358. The van der Waals surface area contributed by atoms with E-state index < -0.39 is 17.4 Å². The minimum Gasteiger partial charge on any atom is -0.465 e. The zero-order valence-electron chi connectivity index (χ0n) is 18.2. The van der Waals surface area contributed by atoms with Crippen molar-refractivity contribution in [1.82, 2.24) is 0 Å². The van der Waals surface area contributed by atoms with Gasteiger partial charge in [-0.15, -0.1) is 0 Å². The summed E-state index contributed by atoms with van der Waals surface area (Å²) in [5.74, 6) is -0.650. The van der Waals surface area contributed by atoms with Crippen molar-refractivity contribution in [2.75, 3.05) is 6.61 Å². The lowest BCUT2D eigenvalue weighted by Gasteiger charge is -2.28. The fourth-order valence-corrected chi connectivity index (χ4v) is 3.51. The Hall–Kier alpha value is -2.10. The van der Waals surface area contributed by atoms with E-state index in [1.165, 1.54) is 0 Å². The predicted octanol–water partition coefficient (Wildman–Crippen LogP) is 6.17. The van der Waals surface area contributed by atoms with E-state index in [0.29, 0.717) is 12.5 Å². The third-order valence-corrected chi connectivity index (χ3v) is 5.54. The molecule has 0 saturated carbocycles. The van der Waals surface area contributed by atoms with Crippen LogP contribution in [0.3, 0.4) is 0 Å². The summed E-state index contributed by atoms with van der Waals surface area (Å²) in [7, 11) is 0. The van der Waals surface area contributed by atoms with Crippen LogP contribution in [0.1, 0.15) is 83.8 Å². The maximum Gasteiger partial charge on any atom is 0.323 e. The quantitative estimate of drug-likeness (QED) is 0.193. The normalized spacial score (nSPS) is 17.6. The van der Waals surface area contributed by atoms with Gasteiger partial charge >= 0.3 is 11.9 Å². The van der Waals surface area contributed by atoms with Crippen LogP contribution >= 0.6 is 0 Å². The van der Waals surface area contributed by atoms with Gasteiger partial charge in [-0.1, -0.05) is 68.7 Å². The van der Waals surface area contributed by atoms with Gasteiger partial charge in [0.1, 0.15) is 6.10 Å². The molecule has 0 aromatic heterocycles. The Bertz CT molecular complexity index is 663. The van der Waals surface area contributed by atoms with Crippen molar-refractivity contribution < 1.29 is 19.1 Å². The molecule has 2 atom stereocenters. The molecule has 0 bridgehead atoms. The molecule has 1 aliphatic carbocycles. The van der Waals surface area contributed by atoms with E-state index in [1.807, 2.05) is 30.3 Å². The lowest BCUT2D eigenvalue weighted by Crippen LogP contribution is -2.37. The first kappa shape index (κ1) is 23.2. The first-order chi connectivity index (χ1) is 13.9. The number of esters is 2. The highest BCUT2D eigenvalue weighted by Crippen LogP contribution is 2.33. The Kier molecular flexibility index (Phi) is 9.43. The molecule has 0 fully saturated rings. The van der Waals surface area contributed by atoms with E-state index in [2.05, 4.69) is 19.1 Å². The van der Waals surface area contributed by atoms with E-state index in [0.717, 1.165) is 56.9 Å². The molecule has 2 unspecified atom stereocenters. The summed E-state index contributed by atoms with van der Waals surface area (Å²) in [5, 5.41) is 0. The first-order valence-corrected chi connectivity index (χ1v) is 11.0. The number of hydrogen-bond donors (Lipinski definition) is 0. The summed E-state index contributed by atoms with van der Waals surface area (Å²) < 4.78 is 11.3. The maximum absolute atomic E-state index is 12.9. The van der Waals surface area contributed by atoms with Crippen LogP contribution in [0.4, 0.5) is 0 Å². The summed E-state index contributed by atoms with van der Waals surface area (Å²) in [4.78, 5) is 25.4. The molecule has 0 radical (unpaired) electrons. The van der Waals surface area contributed by atoms with Crippen molar-refractivity contribution in [3.8, 4) is 0 Å². The molecule has 1 aromatic rings. The topological polar surface area (TPSA) is 52.6 Å². The molecule has 0 spiro atoms. The molecule has 0 amide bonds. The summed E-state index contributed by atoms with van der Waals surface area (Å²) >= 11 is 0. The predicted molar refractivity (Wildman–Crippen MR) is 115 cm³/mol. The van der Waals surface area contributed by atoms with Crippen LogP contribution in [-0.2, 0) is 19.1 Å². The van der Waals surface area contributed by atoms with Crippen LogP contribution in [0, 0.1) is 11.3 Å². The van der Waals surface area contributed by atoms with Gasteiger partial charge in [0, 0.05) is 0 Å². The molecular formula is C25H36O4. The number of rotatable bonds is 11. The number of carbonyl (C=O) groups excluding carboxylic acids is 2. The van der Waals surface area contributed by atoms with E-state index in [-0.39, 0.29) is 6.10 Å². The van der Waals surface area contributed by atoms with Gasteiger partial charge in [0.25, 0.3) is 0 Å². The van der Waals surface area contributed by atoms with Gasteiger partial charge in [0.05, 0.1) is 6.61 Å². The molecule has 0 saturated heterocycles. The van der Waals surface area contributed by atoms with Crippen molar-refractivity contribution in [3.63, 3.8) is 0 Å². The van der Waals surface area contributed by atoms with E-state index in [9.17, 15) is 9.59 Å². The van der Waals surface area contributed by atoms with Crippen molar-refractivity contribution in [2.24, 2.45) is 11.3 Å². The SMILES string of the molecule is CCCCCCOC(=O)C(C)(C)C(=O)OC(CC1C=CCCC1)c1ccccc1. The first-order valence-electron chi connectivity index (χ1n) is 11.0. The second kappa shape index (κ2) is 11.8. The van der Waals surface area contributed by atoms with E-state index in [1.54, 1.807) is 13.8 Å². The van der Waals surface area contributed by atoms with Gasteiger partial charge in [0.15, 0.2) is 5.41 Å². The van der Waals surface area contributed by atoms with Crippen LogP contribution in [0.2, 0.25) is 0 Å². The second-order valence-corrected chi connectivity index (χ2v) is 8.48. The average molecular weight is 401 g/mol. The van der Waals surface area contributed by atoms with Crippen molar-refractivity contribution in [3.05, 3.63) is 48.0 Å². The molecule has 0 aliphatic heterocycles. The molecule has 0 N–H and O–H groups in total. The molecule has 2 rings (SSSR count). The molecule has 4 heteroatoms. The fourth-order valence-electron chi connectivity index (χ4n) is 3.51. The lowest BCUT2D eigenvalue weighted by atomic mass is 9.88. The number of allylic oxidation sites excluding steroid dienone is 2. The third-order valence-electron chi connectivity index (χ3n) is 5.54. The van der Waals surface area contributed by atoms with Gasteiger partial charge in [-0.05, 0) is 57.4 Å². The number of benzene rings is 1. The molecule has 1 aromatic carbocycles. The van der Waals surface area contributed by atoms with Crippen LogP contribution in [0.15, 0.2) is 42.5 Å². The Balaban J connectivity index is 2.00. The number of carbonyl (C=O) groups is 2. The Morgan fingerprint density at radius 1 is 1.10 bits per heavy atom. The highest BCUT2D eigenvalue weighted by Gasteiger charge is 2.41. The molecule has 4 nitrogen and oxygen atoms in total. The summed E-state index contributed by atoms with van der Waals surface area (Å²) in [6.45, 7) is 5.67. The number of unbranched alkanes of at least 4 members (excludes halogenated alkanes) is 3. The van der Waals surface area contributed by atoms with Crippen LogP contribution in [0.25, 0.3) is 0 Å². The van der Waals surface area contributed by atoms with Gasteiger partial charge in [-0.25, -0.2) is 0 Å². The zero-order chi connectivity index (χ0) is 21.1. The highest BCUT2D eigenvalue weighted by molar-refractivity contribution is 5.99. The standard InChI is InChI=1S/C25H36O4/c1-4-5-6-13-18-28-23(26)25(2,3)24(27)29-22(21-16-11-8-12-17-21)19-20-14-9-7-10-15-20/h8-9,11-12,14,16-17,20,22H,4-7,10,13,15,18-19H2,1-3H3. The van der Waals surface area contributed by atoms with Gasteiger partial charge in [-0.3, -0.25) is 9.59 Å². The smallest absolute Gasteiger partial charge is 0.323 e. The van der Waals surface area contributed by atoms with Crippen molar-refractivity contribution >= 4 is 11.9 Å². The largest absolute Gasteiger partial charge is 0.465 e. The monoisotopic (exact) mass is 400 g/mol. The van der Waals surface area contributed by atoms with Crippen molar-refractivity contribution in [1.29, 1.82) is 0 Å². The average Bonchev–Trinajstić information content (AvgIpc) is 2.74. The highest BCUT2D eigenvalue weighted by atomic mass is 16.6. The Morgan fingerprint density at radius 2 is 1.86 bits per heavy atom. The molecule has 29 heavy (non-hydrogen) atoms.